The number of nitrogens with one attached hydrogen (secondary N) is 1. The van der Waals surface area contributed by atoms with Crippen molar-refractivity contribution in [1.82, 2.24) is 5.32 Å². The average Bonchev–Trinajstić information content (AvgIpc) is 2.42. The fourth-order valence-corrected chi connectivity index (χ4v) is 2.75. The quantitative estimate of drug-likeness (QED) is 0.645. The minimum Gasteiger partial charge on any atom is -0.494 e. The lowest BCUT2D eigenvalue weighted by molar-refractivity contribution is 0.273. The molecule has 0 atom stereocenters. The van der Waals surface area contributed by atoms with E-state index in [1.54, 1.807) is 0 Å². The maximum atomic E-state index is 5.94. The molecule has 1 fully saturated rings. The number of aryl methyl sites for hydroxylation is 2. The van der Waals surface area contributed by atoms with Crippen molar-refractivity contribution < 1.29 is 4.74 Å². The molecule has 2 nitrogen and oxygen atoms in total. The summed E-state index contributed by atoms with van der Waals surface area (Å²) in [6.45, 7) is 7.24. The third kappa shape index (κ3) is 4.27. The van der Waals surface area contributed by atoms with Crippen LogP contribution in [-0.4, -0.2) is 27.5 Å². The highest BCUT2D eigenvalue weighted by molar-refractivity contribution is 6.34. The lowest BCUT2D eigenvalue weighted by Crippen LogP contribution is -2.27. The molecule has 0 saturated carbocycles. The highest BCUT2D eigenvalue weighted by atomic mass is 16.5. The minimum atomic E-state index is 0.812. The molecule has 0 bridgehead atoms. The van der Waals surface area contributed by atoms with Gasteiger partial charge in [-0.05, 0) is 70.7 Å². The Morgan fingerprint density at radius 3 is 2.47 bits per heavy atom. The molecule has 0 amide bonds. The molecule has 2 radical (unpaired) electrons. The van der Waals surface area contributed by atoms with E-state index in [-0.39, 0.29) is 0 Å². The van der Waals surface area contributed by atoms with Gasteiger partial charge in [0.15, 0.2) is 0 Å². The van der Waals surface area contributed by atoms with Crippen molar-refractivity contribution in [1.29, 1.82) is 0 Å². The standard InChI is InChI=1S/C16H24BNO/c1-12-10-15(11-13(2)16(12)17)19-9-3-4-14-5-7-18-8-6-14/h10-11,14,18H,3-9H2,1-2H3. The van der Waals surface area contributed by atoms with E-state index in [0.29, 0.717) is 0 Å². The van der Waals surface area contributed by atoms with Gasteiger partial charge in [-0.15, -0.1) is 0 Å². The maximum absolute atomic E-state index is 5.94. The molecular weight excluding hydrogens is 233 g/mol. The number of benzene rings is 1. The van der Waals surface area contributed by atoms with Gasteiger partial charge >= 0.3 is 0 Å². The van der Waals surface area contributed by atoms with Crippen LogP contribution in [0.4, 0.5) is 0 Å². The van der Waals surface area contributed by atoms with Gasteiger partial charge in [-0.25, -0.2) is 0 Å². The van der Waals surface area contributed by atoms with Crippen LogP contribution in [0.15, 0.2) is 12.1 Å². The molecular formula is C16H24BNO. The van der Waals surface area contributed by atoms with E-state index in [1.165, 1.54) is 32.4 Å². The fraction of sp³-hybridized carbons (Fsp3) is 0.625. The SMILES string of the molecule is [B]c1c(C)cc(OCCCC2CCNCC2)cc1C. The molecule has 2 rings (SSSR count). The number of hydrogen-bond acceptors (Lipinski definition) is 2. The Labute approximate surface area is 118 Å². The molecule has 1 aliphatic rings. The summed E-state index contributed by atoms with van der Waals surface area (Å²) in [6, 6.07) is 4.07. The Morgan fingerprint density at radius 1 is 1.21 bits per heavy atom. The Balaban J connectivity index is 1.73. The first-order valence-corrected chi connectivity index (χ1v) is 7.37. The topological polar surface area (TPSA) is 21.3 Å². The van der Waals surface area contributed by atoms with Crippen LogP contribution in [0.25, 0.3) is 0 Å². The van der Waals surface area contributed by atoms with Crippen molar-refractivity contribution in [3.05, 3.63) is 23.3 Å². The van der Waals surface area contributed by atoms with Crippen LogP contribution < -0.4 is 15.5 Å². The van der Waals surface area contributed by atoms with E-state index < -0.39 is 0 Å². The van der Waals surface area contributed by atoms with E-state index in [2.05, 4.69) is 5.32 Å². The van der Waals surface area contributed by atoms with Gasteiger partial charge < -0.3 is 10.1 Å². The first kappa shape index (κ1) is 14.5. The lowest BCUT2D eigenvalue weighted by atomic mass is 9.87. The smallest absolute Gasteiger partial charge is 0.119 e. The average molecular weight is 257 g/mol. The van der Waals surface area contributed by atoms with E-state index in [9.17, 15) is 0 Å². The summed E-state index contributed by atoms with van der Waals surface area (Å²) in [5, 5.41) is 3.41. The van der Waals surface area contributed by atoms with Crippen LogP contribution in [0.1, 0.15) is 36.8 Å². The monoisotopic (exact) mass is 257 g/mol. The zero-order valence-electron chi connectivity index (χ0n) is 12.2. The van der Waals surface area contributed by atoms with Crippen molar-refractivity contribution in [2.75, 3.05) is 19.7 Å². The molecule has 1 aromatic carbocycles. The molecule has 0 spiro atoms. The first-order valence-electron chi connectivity index (χ1n) is 7.37. The van der Waals surface area contributed by atoms with Crippen LogP contribution in [0.2, 0.25) is 0 Å². The Morgan fingerprint density at radius 2 is 1.84 bits per heavy atom. The zero-order valence-corrected chi connectivity index (χ0v) is 12.2. The summed E-state index contributed by atoms with van der Waals surface area (Å²) in [5.41, 5.74) is 3.09. The van der Waals surface area contributed by atoms with Gasteiger partial charge in [0, 0.05) is 0 Å². The van der Waals surface area contributed by atoms with Gasteiger partial charge in [0.05, 0.1) is 6.61 Å². The number of hydrogen-bond donors (Lipinski definition) is 1. The largest absolute Gasteiger partial charge is 0.494 e. The summed E-state index contributed by atoms with van der Waals surface area (Å²) >= 11 is 0. The van der Waals surface area contributed by atoms with Crippen LogP contribution in [0, 0.1) is 19.8 Å². The Kier molecular flexibility index (Phi) is 5.32. The second-order valence-corrected chi connectivity index (χ2v) is 5.65. The fourth-order valence-electron chi connectivity index (χ4n) is 2.75. The summed E-state index contributed by atoms with van der Waals surface area (Å²) in [7, 11) is 5.94. The van der Waals surface area contributed by atoms with E-state index in [0.717, 1.165) is 41.3 Å². The second kappa shape index (κ2) is 7.00. The third-order valence-corrected chi connectivity index (χ3v) is 4.05. The number of rotatable bonds is 5. The molecule has 0 aromatic heterocycles. The molecule has 102 valence electrons. The maximum Gasteiger partial charge on any atom is 0.119 e. The van der Waals surface area contributed by atoms with E-state index in [4.69, 9.17) is 12.6 Å². The second-order valence-electron chi connectivity index (χ2n) is 5.65. The molecule has 0 aliphatic carbocycles. The van der Waals surface area contributed by atoms with Crippen molar-refractivity contribution in [2.45, 2.75) is 39.5 Å². The molecule has 1 N–H and O–H groups in total. The molecule has 3 heteroatoms. The van der Waals surface area contributed by atoms with Crippen LogP contribution >= 0.6 is 0 Å². The first-order chi connectivity index (χ1) is 9.16. The Hall–Kier alpha value is -0.955. The molecule has 1 saturated heterocycles. The lowest BCUT2D eigenvalue weighted by Gasteiger charge is -2.22. The predicted molar refractivity (Wildman–Crippen MR) is 81.6 cm³/mol. The van der Waals surface area contributed by atoms with Gasteiger partial charge in [0.1, 0.15) is 13.6 Å². The summed E-state index contributed by atoms with van der Waals surface area (Å²) < 4.78 is 5.84. The van der Waals surface area contributed by atoms with Gasteiger partial charge in [0.25, 0.3) is 0 Å². The van der Waals surface area contributed by atoms with E-state index in [1.807, 2.05) is 26.0 Å². The number of ether oxygens (including phenoxy) is 1. The van der Waals surface area contributed by atoms with Gasteiger partial charge in [-0.3, -0.25) is 0 Å². The zero-order chi connectivity index (χ0) is 13.7. The van der Waals surface area contributed by atoms with Gasteiger partial charge in [-0.1, -0.05) is 16.6 Å². The molecule has 19 heavy (non-hydrogen) atoms. The summed E-state index contributed by atoms with van der Waals surface area (Å²) in [6.07, 6.45) is 5.07. The van der Waals surface area contributed by atoms with Gasteiger partial charge in [-0.2, -0.15) is 0 Å². The molecule has 1 aliphatic heterocycles. The normalized spacial score (nSPS) is 16.5. The minimum absolute atomic E-state index is 0.812. The van der Waals surface area contributed by atoms with Crippen LogP contribution in [-0.2, 0) is 0 Å². The highest BCUT2D eigenvalue weighted by Crippen LogP contribution is 2.19. The molecule has 1 aromatic rings. The van der Waals surface area contributed by atoms with E-state index >= 15 is 0 Å². The Bertz CT molecular complexity index is 390. The summed E-state index contributed by atoms with van der Waals surface area (Å²) in [4.78, 5) is 0. The number of piperidine rings is 1. The van der Waals surface area contributed by atoms with Crippen molar-refractivity contribution in [3.8, 4) is 5.75 Å². The summed E-state index contributed by atoms with van der Waals surface area (Å²) in [5.74, 6) is 1.84. The predicted octanol–water partition coefficient (Wildman–Crippen LogP) is 2.26. The van der Waals surface area contributed by atoms with Crippen LogP contribution in [0.5, 0.6) is 5.75 Å². The van der Waals surface area contributed by atoms with Crippen LogP contribution in [0.3, 0.4) is 0 Å². The molecule has 0 unspecified atom stereocenters. The van der Waals surface area contributed by atoms with Crippen molar-refractivity contribution >= 4 is 13.3 Å². The third-order valence-electron chi connectivity index (χ3n) is 4.05. The molecule has 1 heterocycles. The van der Waals surface area contributed by atoms with Gasteiger partial charge in [0.2, 0.25) is 0 Å². The van der Waals surface area contributed by atoms with Crippen molar-refractivity contribution in [2.24, 2.45) is 5.92 Å². The van der Waals surface area contributed by atoms with Crippen molar-refractivity contribution in [3.63, 3.8) is 0 Å². The highest BCUT2D eigenvalue weighted by Gasteiger charge is 2.12.